The van der Waals surface area contributed by atoms with Gasteiger partial charge < -0.3 is 11.1 Å². The monoisotopic (exact) mass is 203 g/mol. The third-order valence-corrected chi connectivity index (χ3v) is 2.09. The molecule has 1 aromatic rings. The molecule has 1 aromatic carbocycles. The van der Waals surface area contributed by atoms with Crippen LogP contribution in [0.15, 0.2) is 24.3 Å². The predicted octanol–water partition coefficient (Wildman–Crippen LogP) is 0.694. The number of nitrogens with one attached hydrogen (secondary N) is 1. The molecule has 4 nitrogen and oxygen atoms in total. The van der Waals surface area contributed by atoms with Gasteiger partial charge in [0.1, 0.15) is 6.04 Å². The fourth-order valence-corrected chi connectivity index (χ4v) is 1.42. The lowest BCUT2D eigenvalue weighted by Crippen LogP contribution is -2.33. The third-order valence-electron chi connectivity index (χ3n) is 2.09. The number of rotatable bonds is 4. The molecule has 0 saturated heterocycles. The zero-order valence-corrected chi connectivity index (χ0v) is 8.53. The maximum atomic E-state index is 11.2. The lowest BCUT2D eigenvalue weighted by molar-refractivity contribution is -0.120. The number of carbonyl (C=O) groups is 1. The van der Waals surface area contributed by atoms with Crippen molar-refractivity contribution in [2.24, 2.45) is 5.73 Å². The Hall–Kier alpha value is -1.86. The summed E-state index contributed by atoms with van der Waals surface area (Å²) < 4.78 is 0. The number of likely N-dealkylation sites (N-methyl/N-ethyl adjacent to an activating group) is 1. The summed E-state index contributed by atoms with van der Waals surface area (Å²) in [6.07, 6.45) is 0. The molecule has 0 bridgehead atoms. The van der Waals surface area contributed by atoms with Crippen LogP contribution in [-0.2, 0) is 4.79 Å². The second kappa shape index (κ2) is 5.13. The first kappa shape index (κ1) is 11.2. The van der Waals surface area contributed by atoms with Gasteiger partial charge in [0, 0.05) is 0 Å². The predicted molar refractivity (Wildman–Crippen MR) is 56.8 cm³/mol. The van der Waals surface area contributed by atoms with E-state index in [1.807, 2.05) is 13.0 Å². The molecule has 1 unspecified atom stereocenters. The van der Waals surface area contributed by atoms with Crippen molar-refractivity contribution in [2.45, 2.75) is 13.0 Å². The zero-order chi connectivity index (χ0) is 11.3. The van der Waals surface area contributed by atoms with Crippen molar-refractivity contribution in [3.63, 3.8) is 0 Å². The van der Waals surface area contributed by atoms with Gasteiger partial charge in [0.05, 0.1) is 11.6 Å². The molecule has 0 aliphatic heterocycles. The summed E-state index contributed by atoms with van der Waals surface area (Å²) in [5.41, 5.74) is 6.38. The van der Waals surface area contributed by atoms with Gasteiger partial charge in [-0.25, -0.2) is 0 Å². The first-order valence-electron chi connectivity index (χ1n) is 4.72. The number of hydrogen-bond donors (Lipinski definition) is 2. The average molecular weight is 203 g/mol. The molecule has 0 aliphatic carbocycles. The van der Waals surface area contributed by atoms with Crippen molar-refractivity contribution >= 4 is 5.91 Å². The van der Waals surface area contributed by atoms with E-state index >= 15 is 0 Å². The van der Waals surface area contributed by atoms with Crippen LogP contribution in [-0.4, -0.2) is 12.5 Å². The van der Waals surface area contributed by atoms with Crippen LogP contribution in [0.2, 0.25) is 0 Å². The minimum atomic E-state index is -0.592. The van der Waals surface area contributed by atoms with E-state index in [1.54, 1.807) is 24.3 Å². The van der Waals surface area contributed by atoms with Crippen molar-refractivity contribution in [2.75, 3.05) is 6.54 Å². The Morgan fingerprint density at radius 2 is 2.27 bits per heavy atom. The van der Waals surface area contributed by atoms with Gasteiger partial charge in [-0.15, -0.1) is 0 Å². The standard InChI is InChI=1S/C11H13N3O/c1-2-14-10(11(13)15)9-6-4-3-5-8(9)7-12/h3-6,10,14H,2H2,1H3,(H2,13,15). The molecule has 1 amide bonds. The number of amides is 1. The molecule has 0 saturated carbocycles. The van der Waals surface area contributed by atoms with Gasteiger partial charge in [0.25, 0.3) is 0 Å². The molecular weight excluding hydrogens is 190 g/mol. The highest BCUT2D eigenvalue weighted by Gasteiger charge is 2.18. The van der Waals surface area contributed by atoms with Crippen LogP contribution < -0.4 is 11.1 Å². The van der Waals surface area contributed by atoms with Gasteiger partial charge in [0.2, 0.25) is 5.91 Å². The topological polar surface area (TPSA) is 78.9 Å². The van der Waals surface area contributed by atoms with Gasteiger partial charge in [-0.05, 0) is 18.2 Å². The van der Waals surface area contributed by atoms with Crippen LogP contribution in [0, 0.1) is 11.3 Å². The maximum absolute atomic E-state index is 11.2. The molecular formula is C11H13N3O. The van der Waals surface area contributed by atoms with E-state index in [2.05, 4.69) is 5.32 Å². The van der Waals surface area contributed by atoms with Gasteiger partial charge >= 0.3 is 0 Å². The Labute approximate surface area is 88.7 Å². The first-order valence-corrected chi connectivity index (χ1v) is 4.72. The Balaban J connectivity index is 3.11. The summed E-state index contributed by atoms with van der Waals surface area (Å²) in [4.78, 5) is 11.2. The summed E-state index contributed by atoms with van der Waals surface area (Å²) >= 11 is 0. The Bertz CT molecular complexity index is 395. The second-order valence-corrected chi connectivity index (χ2v) is 3.09. The minimum Gasteiger partial charge on any atom is -0.368 e. The maximum Gasteiger partial charge on any atom is 0.239 e. The van der Waals surface area contributed by atoms with E-state index in [9.17, 15) is 4.79 Å². The van der Waals surface area contributed by atoms with E-state index in [4.69, 9.17) is 11.0 Å². The number of nitrogens with two attached hydrogens (primary N) is 1. The molecule has 1 rings (SSSR count). The molecule has 0 aliphatic rings. The largest absolute Gasteiger partial charge is 0.368 e. The average Bonchev–Trinajstić information content (AvgIpc) is 2.25. The van der Waals surface area contributed by atoms with Crippen molar-refractivity contribution < 1.29 is 4.79 Å². The highest BCUT2D eigenvalue weighted by atomic mass is 16.1. The van der Waals surface area contributed by atoms with Crippen molar-refractivity contribution in [1.29, 1.82) is 5.26 Å². The van der Waals surface area contributed by atoms with Crippen LogP contribution in [0.1, 0.15) is 24.1 Å². The number of carbonyl (C=O) groups excluding carboxylic acids is 1. The molecule has 4 heteroatoms. The molecule has 0 aromatic heterocycles. The SMILES string of the molecule is CCNC(C(N)=O)c1ccccc1C#N. The van der Waals surface area contributed by atoms with Crippen LogP contribution >= 0.6 is 0 Å². The van der Waals surface area contributed by atoms with Gasteiger partial charge in [-0.2, -0.15) is 5.26 Å². The Kier molecular flexibility index (Phi) is 3.83. The summed E-state index contributed by atoms with van der Waals surface area (Å²) in [6.45, 7) is 2.50. The highest BCUT2D eigenvalue weighted by Crippen LogP contribution is 2.16. The van der Waals surface area contributed by atoms with Crippen LogP contribution in [0.3, 0.4) is 0 Å². The molecule has 0 radical (unpaired) electrons. The first-order chi connectivity index (χ1) is 7.20. The minimum absolute atomic E-state index is 0.473. The smallest absolute Gasteiger partial charge is 0.239 e. The lowest BCUT2D eigenvalue weighted by Gasteiger charge is -2.15. The van der Waals surface area contributed by atoms with Crippen molar-refractivity contribution in [1.82, 2.24) is 5.32 Å². The zero-order valence-electron chi connectivity index (χ0n) is 8.53. The van der Waals surface area contributed by atoms with Crippen LogP contribution in [0.4, 0.5) is 0 Å². The van der Waals surface area contributed by atoms with Crippen LogP contribution in [0.25, 0.3) is 0 Å². The highest BCUT2D eigenvalue weighted by molar-refractivity contribution is 5.82. The van der Waals surface area contributed by atoms with Gasteiger partial charge in [-0.3, -0.25) is 4.79 Å². The second-order valence-electron chi connectivity index (χ2n) is 3.09. The molecule has 3 N–H and O–H groups in total. The number of primary amides is 1. The summed E-state index contributed by atoms with van der Waals surface area (Å²) in [7, 11) is 0. The number of nitrogens with zero attached hydrogens (tertiary/aromatic N) is 1. The van der Waals surface area contributed by atoms with E-state index in [1.165, 1.54) is 0 Å². The summed E-state index contributed by atoms with van der Waals surface area (Å²) in [5.74, 6) is -0.473. The molecule has 0 fully saturated rings. The van der Waals surface area contributed by atoms with Gasteiger partial charge in [0.15, 0.2) is 0 Å². The summed E-state index contributed by atoms with van der Waals surface area (Å²) in [6, 6.07) is 8.39. The quantitative estimate of drug-likeness (QED) is 0.755. The van der Waals surface area contributed by atoms with E-state index in [0.717, 1.165) is 0 Å². The van der Waals surface area contributed by atoms with E-state index in [-0.39, 0.29) is 0 Å². The molecule has 78 valence electrons. The van der Waals surface area contributed by atoms with Crippen LogP contribution in [0.5, 0.6) is 0 Å². The molecule has 0 heterocycles. The van der Waals surface area contributed by atoms with E-state index < -0.39 is 11.9 Å². The van der Waals surface area contributed by atoms with Crippen molar-refractivity contribution in [3.8, 4) is 6.07 Å². The normalized spacial score (nSPS) is 11.7. The number of benzene rings is 1. The summed E-state index contributed by atoms with van der Waals surface area (Å²) in [5, 5.41) is 11.8. The molecule has 1 atom stereocenters. The molecule has 15 heavy (non-hydrogen) atoms. The van der Waals surface area contributed by atoms with E-state index in [0.29, 0.717) is 17.7 Å². The van der Waals surface area contributed by atoms with Gasteiger partial charge in [-0.1, -0.05) is 25.1 Å². The number of hydrogen-bond acceptors (Lipinski definition) is 3. The number of nitriles is 1. The Morgan fingerprint density at radius 1 is 1.60 bits per heavy atom. The lowest BCUT2D eigenvalue weighted by atomic mass is 10.0. The van der Waals surface area contributed by atoms with Crippen molar-refractivity contribution in [3.05, 3.63) is 35.4 Å². The third kappa shape index (κ3) is 2.55. The fraction of sp³-hybridized carbons (Fsp3) is 0.273. The molecule has 0 spiro atoms. The fourth-order valence-electron chi connectivity index (χ4n) is 1.42. The Morgan fingerprint density at radius 3 is 2.80 bits per heavy atom.